The summed E-state index contributed by atoms with van der Waals surface area (Å²) in [5, 5.41) is 0. The van der Waals surface area contributed by atoms with E-state index in [0.717, 1.165) is 25.7 Å². The van der Waals surface area contributed by atoms with Crippen molar-refractivity contribution in [2.75, 3.05) is 19.8 Å². The van der Waals surface area contributed by atoms with Crippen LogP contribution in [0.1, 0.15) is 26.7 Å². The van der Waals surface area contributed by atoms with Crippen molar-refractivity contribution in [1.82, 2.24) is 0 Å². The van der Waals surface area contributed by atoms with Gasteiger partial charge >= 0.3 is 0 Å². The minimum atomic E-state index is 0.260. The summed E-state index contributed by atoms with van der Waals surface area (Å²) in [6.45, 7) is 6.68. The Morgan fingerprint density at radius 3 is 2.55 bits per heavy atom. The largest absolute Gasteiger partial charge is 0.381 e. The molecular weight excluding hydrogens is 138 g/mol. The Morgan fingerprint density at radius 2 is 2.18 bits per heavy atom. The van der Waals surface area contributed by atoms with Gasteiger partial charge in [-0.05, 0) is 25.7 Å². The Morgan fingerprint density at radius 1 is 1.55 bits per heavy atom. The lowest BCUT2D eigenvalue weighted by Crippen LogP contribution is -2.34. The van der Waals surface area contributed by atoms with E-state index in [4.69, 9.17) is 10.5 Å². The van der Waals surface area contributed by atoms with Gasteiger partial charge in [0.2, 0.25) is 0 Å². The fraction of sp³-hybridized carbons (Fsp3) is 1.00. The molecule has 0 saturated heterocycles. The molecule has 1 aliphatic carbocycles. The number of hydrogen-bond acceptors (Lipinski definition) is 2. The second-order valence-corrected chi connectivity index (χ2v) is 3.77. The van der Waals surface area contributed by atoms with E-state index in [9.17, 15) is 0 Å². The quantitative estimate of drug-likeness (QED) is 0.654. The van der Waals surface area contributed by atoms with Crippen LogP contribution in [0.25, 0.3) is 0 Å². The third-order valence-corrected chi connectivity index (χ3v) is 2.67. The third kappa shape index (κ3) is 2.17. The maximum Gasteiger partial charge on any atom is 0.0534 e. The molecule has 0 aromatic heterocycles. The molecule has 1 fully saturated rings. The van der Waals surface area contributed by atoms with E-state index in [1.54, 1.807) is 0 Å². The molecule has 0 aliphatic heterocycles. The molecule has 0 amide bonds. The van der Waals surface area contributed by atoms with Crippen LogP contribution in [-0.2, 0) is 4.74 Å². The van der Waals surface area contributed by atoms with Crippen LogP contribution in [-0.4, -0.2) is 19.8 Å². The first-order chi connectivity index (χ1) is 5.23. The minimum absolute atomic E-state index is 0.260. The molecule has 0 heterocycles. The van der Waals surface area contributed by atoms with Crippen LogP contribution in [0.2, 0.25) is 0 Å². The molecule has 0 radical (unpaired) electrons. The number of nitrogens with two attached hydrogens (primary N) is 1. The van der Waals surface area contributed by atoms with Gasteiger partial charge < -0.3 is 10.5 Å². The maximum atomic E-state index is 5.71. The zero-order valence-corrected chi connectivity index (χ0v) is 7.60. The molecule has 2 heteroatoms. The molecule has 2 nitrogen and oxygen atoms in total. The lowest BCUT2D eigenvalue weighted by Gasteiger charge is -2.27. The first-order valence-electron chi connectivity index (χ1n) is 4.50. The predicted molar refractivity (Wildman–Crippen MR) is 46.4 cm³/mol. The van der Waals surface area contributed by atoms with Gasteiger partial charge in [-0.3, -0.25) is 0 Å². The molecule has 0 spiro atoms. The van der Waals surface area contributed by atoms with Crippen LogP contribution in [0.4, 0.5) is 0 Å². The van der Waals surface area contributed by atoms with Crippen LogP contribution in [0.15, 0.2) is 0 Å². The summed E-state index contributed by atoms with van der Waals surface area (Å²) in [4.78, 5) is 0. The lowest BCUT2D eigenvalue weighted by molar-refractivity contribution is 0.0526. The summed E-state index contributed by atoms with van der Waals surface area (Å²) in [6, 6.07) is 0. The van der Waals surface area contributed by atoms with E-state index in [1.807, 2.05) is 6.92 Å². The normalized spacial score (nSPS) is 23.2. The highest BCUT2D eigenvalue weighted by molar-refractivity contribution is 4.91. The molecule has 1 saturated carbocycles. The first-order valence-corrected chi connectivity index (χ1v) is 4.50. The van der Waals surface area contributed by atoms with E-state index in [-0.39, 0.29) is 5.41 Å². The lowest BCUT2D eigenvalue weighted by atomic mass is 9.86. The van der Waals surface area contributed by atoms with Gasteiger partial charge in [-0.25, -0.2) is 0 Å². The van der Waals surface area contributed by atoms with Crippen molar-refractivity contribution < 1.29 is 4.74 Å². The van der Waals surface area contributed by atoms with Crippen molar-refractivity contribution in [3.63, 3.8) is 0 Å². The Labute approximate surface area is 69.1 Å². The molecule has 2 N–H and O–H groups in total. The fourth-order valence-electron chi connectivity index (χ4n) is 1.46. The molecule has 0 aromatic carbocycles. The van der Waals surface area contributed by atoms with Crippen LogP contribution < -0.4 is 5.73 Å². The van der Waals surface area contributed by atoms with Crippen molar-refractivity contribution in [3.05, 3.63) is 0 Å². The summed E-state index contributed by atoms with van der Waals surface area (Å²) in [5.41, 5.74) is 5.97. The van der Waals surface area contributed by atoms with E-state index >= 15 is 0 Å². The third-order valence-electron chi connectivity index (χ3n) is 2.67. The number of hydrogen-bond donors (Lipinski definition) is 1. The highest BCUT2D eigenvalue weighted by atomic mass is 16.5. The molecule has 11 heavy (non-hydrogen) atoms. The van der Waals surface area contributed by atoms with E-state index < -0.39 is 0 Å². The van der Waals surface area contributed by atoms with Gasteiger partial charge in [0.15, 0.2) is 0 Å². The van der Waals surface area contributed by atoms with Crippen LogP contribution in [0, 0.1) is 11.3 Å². The second-order valence-electron chi connectivity index (χ2n) is 3.77. The standard InChI is InChI=1S/C9H19NO/c1-3-11-7-9(2,6-10)8-4-5-8/h8H,3-7,10H2,1-2H3. The molecule has 1 rings (SSSR count). The average molecular weight is 157 g/mol. The summed E-state index contributed by atoms with van der Waals surface area (Å²) >= 11 is 0. The molecule has 1 unspecified atom stereocenters. The maximum absolute atomic E-state index is 5.71. The van der Waals surface area contributed by atoms with Gasteiger partial charge in [-0.15, -0.1) is 0 Å². The summed E-state index contributed by atoms with van der Waals surface area (Å²) in [7, 11) is 0. The molecule has 0 aromatic rings. The Hall–Kier alpha value is -0.0800. The van der Waals surface area contributed by atoms with Crippen molar-refractivity contribution in [1.29, 1.82) is 0 Å². The first kappa shape index (κ1) is 9.01. The zero-order valence-electron chi connectivity index (χ0n) is 7.60. The Bertz CT molecular complexity index is 123. The van der Waals surface area contributed by atoms with Gasteiger partial charge in [0.05, 0.1) is 6.61 Å². The molecule has 1 aliphatic rings. The summed E-state index contributed by atoms with van der Waals surface area (Å²) < 4.78 is 5.41. The van der Waals surface area contributed by atoms with E-state index in [0.29, 0.717) is 0 Å². The fourth-order valence-corrected chi connectivity index (χ4v) is 1.46. The average Bonchev–Trinajstić information content (AvgIpc) is 2.82. The second kappa shape index (κ2) is 3.55. The molecule has 66 valence electrons. The van der Waals surface area contributed by atoms with Crippen molar-refractivity contribution in [2.45, 2.75) is 26.7 Å². The zero-order chi connectivity index (χ0) is 8.32. The Kier molecular flexibility index (Phi) is 2.90. The Balaban J connectivity index is 2.31. The molecular formula is C9H19NO. The minimum Gasteiger partial charge on any atom is -0.381 e. The highest BCUT2D eigenvalue weighted by Gasteiger charge is 2.40. The van der Waals surface area contributed by atoms with Crippen molar-refractivity contribution in [2.24, 2.45) is 17.1 Å². The topological polar surface area (TPSA) is 35.2 Å². The molecule has 0 bridgehead atoms. The van der Waals surface area contributed by atoms with E-state index in [1.165, 1.54) is 12.8 Å². The van der Waals surface area contributed by atoms with Gasteiger partial charge in [0.1, 0.15) is 0 Å². The summed E-state index contributed by atoms with van der Waals surface area (Å²) in [6.07, 6.45) is 2.70. The number of ether oxygens (including phenoxy) is 1. The van der Waals surface area contributed by atoms with E-state index in [2.05, 4.69) is 6.92 Å². The van der Waals surface area contributed by atoms with Gasteiger partial charge in [0.25, 0.3) is 0 Å². The number of rotatable bonds is 5. The van der Waals surface area contributed by atoms with Crippen molar-refractivity contribution in [3.8, 4) is 0 Å². The van der Waals surface area contributed by atoms with Crippen LogP contribution in [0.5, 0.6) is 0 Å². The van der Waals surface area contributed by atoms with Crippen molar-refractivity contribution >= 4 is 0 Å². The van der Waals surface area contributed by atoms with Gasteiger partial charge in [0, 0.05) is 18.6 Å². The molecule has 1 atom stereocenters. The smallest absolute Gasteiger partial charge is 0.0534 e. The highest BCUT2D eigenvalue weighted by Crippen LogP contribution is 2.44. The summed E-state index contributed by atoms with van der Waals surface area (Å²) in [5.74, 6) is 0.832. The van der Waals surface area contributed by atoms with Crippen LogP contribution in [0.3, 0.4) is 0 Å². The predicted octanol–water partition coefficient (Wildman–Crippen LogP) is 1.40. The van der Waals surface area contributed by atoms with Gasteiger partial charge in [-0.2, -0.15) is 0 Å². The van der Waals surface area contributed by atoms with Gasteiger partial charge in [-0.1, -0.05) is 6.92 Å². The van der Waals surface area contributed by atoms with Crippen LogP contribution >= 0.6 is 0 Å². The monoisotopic (exact) mass is 157 g/mol. The SMILES string of the molecule is CCOCC(C)(CN)C1CC1.